The zero-order valence-electron chi connectivity index (χ0n) is 12.4. The van der Waals surface area contributed by atoms with Crippen LogP contribution in [0, 0.1) is 0 Å². The molecule has 0 bridgehead atoms. The molecule has 0 saturated heterocycles. The second-order valence-electron chi connectivity index (χ2n) is 5.45. The van der Waals surface area contributed by atoms with Gasteiger partial charge in [0.05, 0.1) is 12.6 Å². The van der Waals surface area contributed by atoms with E-state index in [1.165, 1.54) is 5.56 Å². The van der Waals surface area contributed by atoms with Crippen LogP contribution in [0.15, 0.2) is 18.2 Å². The Hall–Kier alpha value is -1.26. The summed E-state index contributed by atoms with van der Waals surface area (Å²) in [6, 6.07) is 5.80. The number of fused-ring (bicyclic) bond motifs is 1. The Morgan fingerprint density at radius 3 is 3.00 bits per heavy atom. The van der Waals surface area contributed by atoms with Gasteiger partial charge < -0.3 is 15.3 Å². The summed E-state index contributed by atoms with van der Waals surface area (Å²) in [5, 5.41) is 12.9. The van der Waals surface area contributed by atoms with Crippen molar-refractivity contribution in [2.75, 3.05) is 19.7 Å². The van der Waals surface area contributed by atoms with E-state index in [2.05, 4.69) is 12.2 Å². The SMILES string of the molecule is CCCCN(CCO)C(=O)NC1CCc2cc(Cl)ccc21. The standard InChI is InChI=1S/C16H23ClN2O2/c1-2-3-8-19(9-10-20)16(21)18-15-7-4-12-11-13(17)5-6-14(12)15/h5-6,11,15,20H,2-4,7-10H2,1H3,(H,18,21). The van der Waals surface area contributed by atoms with Gasteiger partial charge in [-0.2, -0.15) is 0 Å². The van der Waals surface area contributed by atoms with Gasteiger partial charge >= 0.3 is 6.03 Å². The Balaban J connectivity index is 2.00. The lowest BCUT2D eigenvalue weighted by atomic mass is 10.1. The van der Waals surface area contributed by atoms with Crippen LogP contribution in [0.2, 0.25) is 5.02 Å². The van der Waals surface area contributed by atoms with Gasteiger partial charge in [0.2, 0.25) is 0 Å². The van der Waals surface area contributed by atoms with Gasteiger partial charge in [-0.25, -0.2) is 4.79 Å². The molecule has 21 heavy (non-hydrogen) atoms. The summed E-state index contributed by atoms with van der Waals surface area (Å²) in [6.07, 6.45) is 3.82. The predicted molar refractivity (Wildman–Crippen MR) is 84.6 cm³/mol. The third-order valence-corrected chi connectivity index (χ3v) is 4.15. The predicted octanol–water partition coefficient (Wildman–Crippen LogP) is 3.13. The van der Waals surface area contributed by atoms with Crippen LogP contribution in [-0.4, -0.2) is 35.7 Å². The number of carbonyl (C=O) groups excluding carboxylic acids is 1. The lowest BCUT2D eigenvalue weighted by molar-refractivity contribution is 0.173. The number of amides is 2. The van der Waals surface area contributed by atoms with Gasteiger partial charge in [-0.05, 0) is 42.5 Å². The van der Waals surface area contributed by atoms with Crippen molar-refractivity contribution in [3.8, 4) is 0 Å². The average molecular weight is 311 g/mol. The van der Waals surface area contributed by atoms with Crippen molar-refractivity contribution in [3.63, 3.8) is 0 Å². The summed E-state index contributed by atoms with van der Waals surface area (Å²) in [6.45, 7) is 3.15. The van der Waals surface area contributed by atoms with Gasteiger partial charge in [0, 0.05) is 18.1 Å². The molecule has 1 unspecified atom stereocenters. The van der Waals surface area contributed by atoms with Gasteiger partial charge in [-0.15, -0.1) is 0 Å². The maximum absolute atomic E-state index is 12.3. The first kappa shape index (κ1) is 16.1. The molecule has 2 amide bonds. The molecule has 0 heterocycles. The summed E-state index contributed by atoms with van der Waals surface area (Å²) in [7, 11) is 0. The quantitative estimate of drug-likeness (QED) is 0.848. The number of nitrogens with one attached hydrogen (secondary N) is 1. The monoisotopic (exact) mass is 310 g/mol. The molecule has 1 aliphatic carbocycles. The molecule has 2 rings (SSSR count). The fourth-order valence-electron chi connectivity index (χ4n) is 2.76. The molecule has 1 atom stereocenters. The first-order valence-corrected chi connectivity index (χ1v) is 7.98. The van der Waals surface area contributed by atoms with Crippen LogP contribution >= 0.6 is 11.6 Å². The fraction of sp³-hybridized carbons (Fsp3) is 0.562. The largest absolute Gasteiger partial charge is 0.395 e. The number of aliphatic hydroxyl groups excluding tert-OH is 1. The zero-order valence-corrected chi connectivity index (χ0v) is 13.2. The highest BCUT2D eigenvalue weighted by Gasteiger charge is 2.25. The van der Waals surface area contributed by atoms with E-state index in [1.807, 2.05) is 18.2 Å². The molecule has 4 nitrogen and oxygen atoms in total. The van der Waals surface area contributed by atoms with Crippen LogP contribution in [0.5, 0.6) is 0 Å². The van der Waals surface area contributed by atoms with Crippen molar-refractivity contribution >= 4 is 17.6 Å². The third-order valence-electron chi connectivity index (χ3n) is 3.92. The van der Waals surface area contributed by atoms with Crippen LogP contribution in [0.4, 0.5) is 4.79 Å². The Kier molecular flexibility index (Phi) is 5.88. The van der Waals surface area contributed by atoms with Crippen molar-refractivity contribution in [1.82, 2.24) is 10.2 Å². The lowest BCUT2D eigenvalue weighted by Crippen LogP contribution is -2.43. The summed E-state index contributed by atoms with van der Waals surface area (Å²) < 4.78 is 0. The summed E-state index contributed by atoms with van der Waals surface area (Å²) in [4.78, 5) is 14.0. The maximum atomic E-state index is 12.3. The van der Waals surface area contributed by atoms with E-state index < -0.39 is 0 Å². The number of carbonyl (C=O) groups is 1. The summed E-state index contributed by atoms with van der Waals surface area (Å²) in [5.41, 5.74) is 2.38. The first-order valence-electron chi connectivity index (χ1n) is 7.60. The van der Waals surface area contributed by atoms with Crippen LogP contribution in [0.25, 0.3) is 0 Å². The first-order chi connectivity index (χ1) is 10.2. The molecular weight excluding hydrogens is 288 g/mol. The highest BCUT2D eigenvalue weighted by atomic mass is 35.5. The molecule has 116 valence electrons. The van der Waals surface area contributed by atoms with E-state index >= 15 is 0 Å². The number of rotatable bonds is 6. The second kappa shape index (κ2) is 7.66. The van der Waals surface area contributed by atoms with E-state index in [-0.39, 0.29) is 18.7 Å². The molecular formula is C16H23ClN2O2. The van der Waals surface area contributed by atoms with Gasteiger partial charge in [0.25, 0.3) is 0 Å². The van der Waals surface area contributed by atoms with Crippen molar-refractivity contribution in [2.24, 2.45) is 0 Å². The van der Waals surface area contributed by atoms with E-state index in [0.29, 0.717) is 13.1 Å². The van der Waals surface area contributed by atoms with E-state index in [1.54, 1.807) is 4.90 Å². The second-order valence-corrected chi connectivity index (χ2v) is 5.88. The van der Waals surface area contributed by atoms with Crippen LogP contribution in [0.3, 0.4) is 0 Å². The molecule has 0 saturated carbocycles. The Bertz CT molecular complexity index is 493. The van der Waals surface area contributed by atoms with Gasteiger partial charge in [-0.1, -0.05) is 31.0 Å². The number of halogens is 1. The van der Waals surface area contributed by atoms with Crippen LogP contribution in [-0.2, 0) is 6.42 Å². The molecule has 0 spiro atoms. The summed E-state index contributed by atoms with van der Waals surface area (Å²) >= 11 is 6.00. The van der Waals surface area contributed by atoms with Gasteiger partial charge in [0.1, 0.15) is 0 Å². The Labute approximate surface area is 131 Å². The number of unbranched alkanes of at least 4 members (excludes halogenated alkanes) is 1. The van der Waals surface area contributed by atoms with E-state index in [0.717, 1.165) is 36.3 Å². The average Bonchev–Trinajstić information content (AvgIpc) is 2.85. The smallest absolute Gasteiger partial charge is 0.317 e. The molecule has 2 N–H and O–H groups in total. The van der Waals surface area contributed by atoms with Crippen molar-refractivity contribution in [2.45, 2.75) is 38.6 Å². The number of aliphatic hydroxyl groups is 1. The number of nitrogens with zero attached hydrogens (tertiary/aromatic N) is 1. The number of urea groups is 1. The Morgan fingerprint density at radius 1 is 1.48 bits per heavy atom. The van der Waals surface area contributed by atoms with Crippen molar-refractivity contribution in [3.05, 3.63) is 34.3 Å². The molecule has 5 heteroatoms. The lowest BCUT2D eigenvalue weighted by Gasteiger charge is -2.24. The topological polar surface area (TPSA) is 52.6 Å². The van der Waals surface area contributed by atoms with Crippen LogP contribution in [0.1, 0.15) is 43.4 Å². The van der Waals surface area contributed by atoms with Crippen molar-refractivity contribution in [1.29, 1.82) is 0 Å². The molecule has 1 aromatic carbocycles. The molecule has 0 aliphatic heterocycles. The highest BCUT2D eigenvalue weighted by molar-refractivity contribution is 6.30. The molecule has 0 radical (unpaired) electrons. The van der Waals surface area contributed by atoms with Gasteiger partial charge in [0.15, 0.2) is 0 Å². The number of benzene rings is 1. The Morgan fingerprint density at radius 2 is 2.29 bits per heavy atom. The molecule has 1 aliphatic rings. The fourth-order valence-corrected chi connectivity index (χ4v) is 2.96. The van der Waals surface area contributed by atoms with Crippen molar-refractivity contribution < 1.29 is 9.90 Å². The molecule has 0 fully saturated rings. The maximum Gasteiger partial charge on any atom is 0.317 e. The van der Waals surface area contributed by atoms with Crippen LogP contribution < -0.4 is 5.32 Å². The van der Waals surface area contributed by atoms with E-state index in [4.69, 9.17) is 16.7 Å². The number of hydrogen-bond donors (Lipinski definition) is 2. The molecule has 1 aromatic rings. The minimum atomic E-state index is -0.0923. The number of aryl methyl sites for hydroxylation is 1. The van der Waals surface area contributed by atoms with E-state index in [9.17, 15) is 4.79 Å². The zero-order chi connectivity index (χ0) is 15.2. The summed E-state index contributed by atoms with van der Waals surface area (Å²) in [5.74, 6) is 0. The highest BCUT2D eigenvalue weighted by Crippen LogP contribution is 2.32. The third kappa shape index (κ3) is 4.11. The molecule has 0 aromatic heterocycles. The number of hydrogen-bond acceptors (Lipinski definition) is 2. The normalized spacial score (nSPS) is 16.6. The minimum Gasteiger partial charge on any atom is -0.395 e. The minimum absolute atomic E-state index is 0.00596. The van der Waals surface area contributed by atoms with Gasteiger partial charge in [-0.3, -0.25) is 0 Å².